The minimum absolute atomic E-state index is 0.0468. The molecule has 1 atom stereocenters. The van der Waals surface area contributed by atoms with E-state index in [4.69, 9.17) is 4.74 Å². The number of hydrogen-bond acceptors (Lipinski definition) is 3. The van der Waals surface area contributed by atoms with E-state index in [9.17, 15) is 9.59 Å². The first-order valence-corrected chi connectivity index (χ1v) is 7.07. The zero-order chi connectivity index (χ0) is 14.5. The molecule has 1 saturated heterocycles. The second kappa shape index (κ2) is 6.70. The Bertz CT molecular complexity index is 434. The number of amides is 2. The molecule has 1 unspecified atom stereocenters. The summed E-state index contributed by atoms with van der Waals surface area (Å²) in [7, 11) is 0. The quantitative estimate of drug-likeness (QED) is 0.467. The third kappa shape index (κ3) is 3.93. The van der Waals surface area contributed by atoms with Crippen LogP contribution in [0.15, 0.2) is 23.4 Å². The largest absolute Gasteiger partial charge is 0.374 e. The van der Waals surface area contributed by atoms with Crippen LogP contribution < -0.4 is 5.32 Å². The van der Waals surface area contributed by atoms with Crippen molar-refractivity contribution in [1.82, 2.24) is 10.2 Å². The van der Waals surface area contributed by atoms with Crippen LogP contribution >= 0.6 is 0 Å². The number of morpholine rings is 1. The molecule has 2 fully saturated rings. The predicted molar refractivity (Wildman–Crippen MR) is 75.8 cm³/mol. The lowest BCUT2D eigenvalue weighted by Crippen LogP contribution is -2.46. The number of carbonyl (C=O) groups excluding carboxylic acids is 2. The molecule has 0 aromatic carbocycles. The van der Waals surface area contributed by atoms with Gasteiger partial charge in [-0.2, -0.15) is 0 Å². The standard InChI is InChI=1S/C15H22N2O3/c1-11(2)7-13(8-16-10-18)15(19)17-5-6-20-14(9-17)12-3-4-12/h7-8,10,12,14H,3-6,9H2,1-2H3,(H,16,18)/b13-8+. The van der Waals surface area contributed by atoms with E-state index in [-0.39, 0.29) is 12.0 Å². The van der Waals surface area contributed by atoms with E-state index >= 15 is 0 Å². The molecule has 0 aromatic rings. The Balaban J connectivity index is 2.05. The molecule has 5 nitrogen and oxygen atoms in total. The Morgan fingerprint density at radius 2 is 2.10 bits per heavy atom. The summed E-state index contributed by atoms with van der Waals surface area (Å²) in [5, 5.41) is 2.45. The zero-order valence-corrected chi connectivity index (χ0v) is 12.1. The molecule has 110 valence electrons. The van der Waals surface area contributed by atoms with Crippen LogP contribution in [-0.2, 0) is 14.3 Å². The summed E-state index contributed by atoms with van der Waals surface area (Å²) in [4.78, 5) is 24.8. The number of ether oxygens (including phenoxy) is 1. The fourth-order valence-electron chi connectivity index (χ4n) is 2.40. The van der Waals surface area contributed by atoms with Gasteiger partial charge in [0.2, 0.25) is 6.41 Å². The first-order chi connectivity index (χ1) is 9.61. The lowest BCUT2D eigenvalue weighted by molar-refractivity contribution is -0.135. The maximum Gasteiger partial charge on any atom is 0.255 e. The first kappa shape index (κ1) is 14.8. The van der Waals surface area contributed by atoms with Crippen LogP contribution in [0.2, 0.25) is 0 Å². The van der Waals surface area contributed by atoms with Crippen molar-refractivity contribution in [3.63, 3.8) is 0 Å². The Morgan fingerprint density at radius 3 is 2.70 bits per heavy atom. The molecule has 1 heterocycles. The van der Waals surface area contributed by atoms with Crippen LogP contribution in [0, 0.1) is 5.92 Å². The highest BCUT2D eigenvalue weighted by atomic mass is 16.5. The maximum atomic E-state index is 12.5. The Morgan fingerprint density at radius 1 is 1.35 bits per heavy atom. The van der Waals surface area contributed by atoms with Crippen LogP contribution in [0.1, 0.15) is 26.7 Å². The zero-order valence-electron chi connectivity index (χ0n) is 12.1. The van der Waals surface area contributed by atoms with E-state index in [0.717, 1.165) is 5.57 Å². The van der Waals surface area contributed by atoms with Crippen molar-refractivity contribution >= 4 is 12.3 Å². The van der Waals surface area contributed by atoms with Gasteiger partial charge in [-0.25, -0.2) is 0 Å². The van der Waals surface area contributed by atoms with Gasteiger partial charge in [0.15, 0.2) is 0 Å². The van der Waals surface area contributed by atoms with Crippen molar-refractivity contribution in [2.45, 2.75) is 32.8 Å². The van der Waals surface area contributed by atoms with Crippen LogP contribution in [0.5, 0.6) is 0 Å². The van der Waals surface area contributed by atoms with E-state index in [1.807, 2.05) is 18.7 Å². The van der Waals surface area contributed by atoms with Crippen molar-refractivity contribution in [2.24, 2.45) is 5.92 Å². The van der Waals surface area contributed by atoms with Crippen molar-refractivity contribution in [3.05, 3.63) is 23.4 Å². The molecular weight excluding hydrogens is 256 g/mol. The minimum atomic E-state index is -0.0468. The van der Waals surface area contributed by atoms with Gasteiger partial charge in [0.1, 0.15) is 0 Å². The van der Waals surface area contributed by atoms with Gasteiger partial charge in [-0.15, -0.1) is 0 Å². The van der Waals surface area contributed by atoms with Gasteiger partial charge in [0.05, 0.1) is 18.3 Å². The highest BCUT2D eigenvalue weighted by Crippen LogP contribution is 2.35. The summed E-state index contributed by atoms with van der Waals surface area (Å²) in [5.41, 5.74) is 1.53. The van der Waals surface area contributed by atoms with Crippen molar-refractivity contribution in [2.75, 3.05) is 19.7 Å². The number of nitrogens with one attached hydrogen (secondary N) is 1. The predicted octanol–water partition coefficient (Wildman–Crippen LogP) is 1.22. The molecule has 0 bridgehead atoms. The lowest BCUT2D eigenvalue weighted by atomic mass is 10.1. The summed E-state index contributed by atoms with van der Waals surface area (Å²) in [5.74, 6) is 0.573. The van der Waals surface area contributed by atoms with Gasteiger partial charge >= 0.3 is 0 Å². The first-order valence-electron chi connectivity index (χ1n) is 7.07. The van der Waals surface area contributed by atoms with Crippen LogP contribution in [0.25, 0.3) is 0 Å². The molecule has 1 aliphatic carbocycles. The number of nitrogens with zero attached hydrogens (tertiary/aromatic N) is 1. The van der Waals surface area contributed by atoms with Gasteiger partial charge in [0, 0.05) is 19.3 Å². The molecule has 1 N–H and O–H groups in total. The molecule has 5 heteroatoms. The summed E-state index contributed by atoms with van der Waals surface area (Å²) in [6, 6.07) is 0. The number of rotatable bonds is 5. The molecular formula is C15H22N2O3. The third-order valence-corrected chi connectivity index (χ3v) is 3.53. The third-order valence-electron chi connectivity index (χ3n) is 3.53. The fourth-order valence-corrected chi connectivity index (χ4v) is 2.40. The molecule has 2 amide bonds. The van der Waals surface area contributed by atoms with Crippen molar-refractivity contribution in [1.29, 1.82) is 0 Å². The second-order valence-electron chi connectivity index (χ2n) is 5.60. The molecule has 0 radical (unpaired) electrons. The van der Waals surface area contributed by atoms with Gasteiger partial charge in [-0.05, 0) is 38.7 Å². The Hall–Kier alpha value is -1.62. The lowest BCUT2D eigenvalue weighted by Gasteiger charge is -2.33. The number of allylic oxidation sites excluding steroid dienone is 1. The summed E-state index contributed by atoms with van der Waals surface area (Å²) in [6.07, 6.45) is 6.41. The Kier molecular flexibility index (Phi) is 4.95. The fraction of sp³-hybridized carbons (Fsp3) is 0.600. The normalized spacial score (nSPS) is 23.2. The van der Waals surface area contributed by atoms with E-state index in [1.165, 1.54) is 19.0 Å². The molecule has 0 spiro atoms. The maximum absolute atomic E-state index is 12.5. The summed E-state index contributed by atoms with van der Waals surface area (Å²) >= 11 is 0. The monoisotopic (exact) mass is 278 g/mol. The van der Waals surface area contributed by atoms with Crippen LogP contribution in [0.3, 0.4) is 0 Å². The average molecular weight is 278 g/mol. The molecule has 20 heavy (non-hydrogen) atoms. The van der Waals surface area contributed by atoms with Crippen LogP contribution in [-0.4, -0.2) is 43.0 Å². The SMILES string of the molecule is CC(C)=C/C(=C\NC=O)C(=O)N1CCOC(C2CC2)C1. The summed E-state index contributed by atoms with van der Waals surface area (Å²) in [6.45, 7) is 5.70. The molecule has 2 aliphatic rings. The van der Waals surface area contributed by atoms with E-state index < -0.39 is 0 Å². The summed E-state index contributed by atoms with van der Waals surface area (Å²) < 4.78 is 5.72. The van der Waals surface area contributed by atoms with Gasteiger partial charge in [0.25, 0.3) is 5.91 Å². The van der Waals surface area contributed by atoms with Crippen molar-refractivity contribution < 1.29 is 14.3 Å². The minimum Gasteiger partial charge on any atom is -0.374 e. The number of carbonyl (C=O) groups is 2. The molecule has 1 saturated carbocycles. The van der Waals surface area contributed by atoms with E-state index in [2.05, 4.69) is 5.32 Å². The van der Waals surface area contributed by atoms with Gasteiger partial charge in [-0.1, -0.05) is 5.57 Å². The van der Waals surface area contributed by atoms with Crippen LogP contribution in [0.4, 0.5) is 0 Å². The van der Waals surface area contributed by atoms with Gasteiger partial charge < -0.3 is 15.0 Å². The molecule has 0 aromatic heterocycles. The molecule has 2 rings (SSSR count). The van der Waals surface area contributed by atoms with Gasteiger partial charge in [-0.3, -0.25) is 9.59 Å². The topological polar surface area (TPSA) is 58.6 Å². The Labute approximate surface area is 119 Å². The average Bonchev–Trinajstić information content (AvgIpc) is 3.27. The second-order valence-corrected chi connectivity index (χ2v) is 5.60. The van der Waals surface area contributed by atoms with Crippen molar-refractivity contribution in [3.8, 4) is 0 Å². The smallest absolute Gasteiger partial charge is 0.255 e. The highest BCUT2D eigenvalue weighted by molar-refractivity contribution is 5.96. The molecule has 1 aliphatic heterocycles. The highest BCUT2D eigenvalue weighted by Gasteiger charge is 2.36. The number of hydrogen-bond donors (Lipinski definition) is 1. The van der Waals surface area contributed by atoms with E-state index in [0.29, 0.717) is 37.6 Å². The van der Waals surface area contributed by atoms with E-state index in [1.54, 1.807) is 6.08 Å².